The zero-order chi connectivity index (χ0) is 32.3. The molecule has 0 saturated carbocycles. The minimum Gasteiger partial charge on any atom is -0.444 e. The van der Waals surface area contributed by atoms with Crippen molar-refractivity contribution < 1.29 is 31.9 Å². The number of hydrogen-bond donors (Lipinski definition) is 0. The van der Waals surface area contributed by atoms with Crippen LogP contribution in [0.2, 0.25) is 5.02 Å². The Morgan fingerprint density at radius 2 is 1.89 bits per heavy atom. The molecule has 14 heteroatoms. The third-order valence-corrected chi connectivity index (χ3v) is 9.39. The number of likely N-dealkylation sites (tertiary alicyclic amines) is 1. The average Bonchev–Trinajstić information content (AvgIpc) is 3.74. The Morgan fingerprint density at radius 3 is 2.62 bits per heavy atom. The highest BCUT2D eigenvalue weighted by Crippen LogP contribution is 2.50. The van der Waals surface area contributed by atoms with Crippen LogP contribution < -0.4 is 9.47 Å². The largest absolute Gasteiger partial charge is 0.444 e. The van der Waals surface area contributed by atoms with Gasteiger partial charge in [0.2, 0.25) is 5.82 Å². The van der Waals surface area contributed by atoms with Crippen molar-refractivity contribution in [2.75, 3.05) is 19.7 Å². The van der Waals surface area contributed by atoms with E-state index in [0.29, 0.717) is 46.3 Å². The second-order valence-electron chi connectivity index (χ2n) is 12.2. The van der Waals surface area contributed by atoms with E-state index in [9.17, 15) is 13.2 Å². The minimum absolute atomic E-state index is 0.0376. The molecule has 0 radical (unpaired) electrons. The van der Waals surface area contributed by atoms with Gasteiger partial charge in [-0.25, -0.2) is 14.4 Å². The number of fused-ring (bicyclic) bond motifs is 2. The quantitative estimate of drug-likeness (QED) is 0.173. The number of piperidine rings is 1. The summed E-state index contributed by atoms with van der Waals surface area (Å²) in [5, 5.41) is 3.99. The molecule has 3 aliphatic rings. The van der Waals surface area contributed by atoms with Crippen LogP contribution in [0.1, 0.15) is 61.4 Å². The first-order valence-corrected chi connectivity index (χ1v) is 15.9. The molecule has 0 aliphatic carbocycles. The number of pyridine rings is 1. The van der Waals surface area contributed by atoms with Crippen molar-refractivity contribution in [1.29, 1.82) is 0 Å². The van der Waals surface area contributed by atoms with E-state index in [4.69, 9.17) is 30.8 Å². The number of halogens is 4. The molecule has 5 aromatic rings. The molecule has 3 aliphatic heterocycles. The predicted octanol–water partition coefficient (Wildman–Crippen LogP) is 7.02. The minimum atomic E-state index is -2.85. The summed E-state index contributed by atoms with van der Waals surface area (Å²) in [6, 6.07) is 12.1. The molecule has 47 heavy (non-hydrogen) atoms. The van der Waals surface area contributed by atoms with E-state index in [-0.39, 0.29) is 23.4 Å². The lowest BCUT2D eigenvalue weighted by molar-refractivity contribution is -0.0712. The number of rotatable bonds is 8. The van der Waals surface area contributed by atoms with Crippen LogP contribution in [0, 0.1) is 5.82 Å². The molecule has 2 unspecified atom stereocenters. The van der Waals surface area contributed by atoms with Gasteiger partial charge in [-0.1, -0.05) is 28.9 Å². The van der Waals surface area contributed by atoms with Crippen molar-refractivity contribution in [1.82, 2.24) is 29.6 Å². The van der Waals surface area contributed by atoms with Crippen LogP contribution in [-0.2, 0) is 23.6 Å². The van der Waals surface area contributed by atoms with Gasteiger partial charge in [-0.2, -0.15) is 13.8 Å². The smallest absolute Gasteiger partial charge is 0.315 e. The Hall–Kier alpha value is -4.20. The van der Waals surface area contributed by atoms with E-state index in [1.807, 2.05) is 12.1 Å². The first-order valence-electron chi connectivity index (χ1n) is 15.5. The van der Waals surface area contributed by atoms with Crippen molar-refractivity contribution in [3.63, 3.8) is 0 Å². The molecule has 8 rings (SSSR count). The number of imidazole rings is 1. The molecule has 0 amide bonds. The highest BCUT2D eigenvalue weighted by molar-refractivity contribution is 6.30. The first kappa shape index (κ1) is 30.2. The summed E-state index contributed by atoms with van der Waals surface area (Å²) in [5.74, 6) is -0.183. The van der Waals surface area contributed by atoms with Crippen LogP contribution in [0.5, 0.6) is 11.5 Å². The van der Waals surface area contributed by atoms with Crippen molar-refractivity contribution in [2.24, 2.45) is 0 Å². The summed E-state index contributed by atoms with van der Waals surface area (Å²) in [5.41, 5.74) is 3.08. The Labute approximate surface area is 272 Å². The van der Waals surface area contributed by atoms with Gasteiger partial charge in [0, 0.05) is 35.9 Å². The number of benzene rings is 2. The average molecular weight is 667 g/mol. The third kappa shape index (κ3) is 5.59. The standard InChI is InChI=1S/C33H30ClF3N6O4/c1-33(23-6-5-20(34)14-24(23)35)45-26-4-2-3-22(28(26)46-33)18-7-10-42(11-8-18)17-27-39-25-13-19(30-40-32(29(36)37)47-41-30)15-38-31(25)43(27)16-21-9-12-44-21/h2-6,13-15,18,21,29H,7-12,16-17H2,1H3. The van der Waals surface area contributed by atoms with Crippen molar-refractivity contribution >= 4 is 22.8 Å². The zero-order valence-electron chi connectivity index (χ0n) is 25.3. The zero-order valence-corrected chi connectivity index (χ0v) is 26.1. The van der Waals surface area contributed by atoms with E-state index in [0.717, 1.165) is 50.3 Å². The summed E-state index contributed by atoms with van der Waals surface area (Å²) >= 11 is 5.98. The molecule has 2 saturated heterocycles. The molecule has 2 atom stereocenters. The summed E-state index contributed by atoms with van der Waals surface area (Å²) in [6.45, 7) is 5.30. The van der Waals surface area contributed by atoms with Crippen LogP contribution in [0.4, 0.5) is 13.2 Å². The van der Waals surface area contributed by atoms with Gasteiger partial charge in [-0.05, 0) is 68.6 Å². The van der Waals surface area contributed by atoms with Gasteiger partial charge < -0.3 is 23.3 Å². The maximum atomic E-state index is 14.9. The van der Waals surface area contributed by atoms with Gasteiger partial charge in [0.25, 0.3) is 11.7 Å². The Morgan fingerprint density at radius 1 is 1.06 bits per heavy atom. The van der Waals surface area contributed by atoms with Crippen LogP contribution in [0.3, 0.4) is 0 Å². The number of aromatic nitrogens is 5. The van der Waals surface area contributed by atoms with Crippen LogP contribution in [-0.4, -0.2) is 55.4 Å². The Kier molecular flexibility index (Phi) is 7.57. The van der Waals surface area contributed by atoms with Crippen molar-refractivity contribution in [3.8, 4) is 22.9 Å². The molecule has 0 bridgehead atoms. The predicted molar refractivity (Wildman–Crippen MR) is 164 cm³/mol. The lowest BCUT2D eigenvalue weighted by Gasteiger charge is -2.33. The van der Waals surface area contributed by atoms with Gasteiger partial charge in [0.05, 0.1) is 24.8 Å². The molecule has 2 aromatic carbocycles. The lowest BCUT2D eigenvalue weighted by Crippen LogP contribution is -2.35. The van der Waals surface area contributed by atoms with Crippen LogP contribution in [0.15, 0.2) is 53.2 Å². The van der Waals surface area contributed by atoms with Gasteiger partial charge in [-0.15, -0.1) is 0 Å². The molecule has 0 N–H and O–H groups in total. The maximum absolute atomic E-state index is 14.9. The summed E-state index contributed by atoms with van der Waals surface area (Å²) in [7, 11) is 0. The van der Waals surface area contributed by atoms with E-state index >= 15 is 0 Å². The normalized spacial score (nSPS) is 21.5. The van der Waals surface area contributed by atoms with Gasteiger partial charge in [-0.3, -0.25) is 4.90 Å². The van der Waals surface area contributed by atoms with Gasteiger partial charge in [0.15, 0.2) is 17.1 Å². The van der Waals surface area contributed by atoms with Crippen molar-refractivity contribution in [2.45, 2.75) is 63.5 Å². The second kappa shape index (κ2) is 11.8. The molecule has 6 heterocycles. The second-order valence-corrected chi connectivity index (χ2v) is 12.7. The van der Waals surface area contributed by atoms with Gasteiger partial charge in [0.1, 0.15) is 17.2 Å². The molecular formula is C33H30ClF3N6O4. The first-order chi connectivity index (χ1) is 22.7. The topological polar surface area (TPSA) is 101 Å². The molecule has 244 valence electrons. The molecule has 2 fully saturated rings. The maximum Gasteiger partial charge on any atom is 0.315 e. The number of para-hydroxylation sites is 1. The fourth-order valence-electron chi connectivity index (χ4n) is 6.60. The molecule has 3 aromatic heterocycles. The molecule has 0 spiro atoms. The monoisotopic (exact) mass is 666 g/mol. The molecular weight excluding hydrogens is 637 g/mol. The number of nitrogens with zero attached hydrogens (tertiary/aromatic N) is 6. The SMILES string of the molecule is CC1(c2ccc(Cl)cc2F)Oc2cccc(C3CCN(Cc4nc5cc(-c6noc(C(F)F)n6)cnc5n4CC4CCO4)CC3)c2O1. The molecule has 10 nitrogen and oxygen atoms in total. The van der Waals surface area contributed by atoms with Gasteiger partial charge >= 0.3 is 6.43 Å². The lowest BCUT2D eigenvalue weighted by atomic mass is 9.88. The Bertz CT molecular complexity index is 1960. The fourth-order valence-corrected chi connectivity index (χ4v) is 6.76. The fraction of sp³-hybridized carbons (Fsp3) is 0.394. The van der Waals surface area contributed by atoms with E-state index < -0.39 is 23.9 Å². The van der Waals surface area contributed by atoms with Crippen LogP contribution >= 0.6 is 11.6 Å². The third-order valence-electron chi connectivity index (χ3n) is 9.15. The summed E-state index contributed by atoms with van der Waals surface area (Å²) in [4.78, 5) is 15.7. The number of alkyl halides is 2. The Balaban J connectivity index is 0.997. The van der Waals surface area contributed by atoms with E-state index in [1.54, 1.807) is 31.3 Å². The van der Waals surface area contributed by atoms with E-state index in [1.165, 1.54) is 6.07 Å². The van der Waals surface area contributed by atoms with Crippen LogP contribution in [0.25, 0.3) is 22.6 Å². The number of ether oxygens (including phenoxy) is 3. The highest BCUT2D eigenvalue weighted by atomic mass is 35.5. The summed E-state index contributed by atoms with van der Waals surface area (Å²) in [6.07, 6.45) is 1.49. The summed E-state index contributed by atoms with van der Waals surface area (Å²) < 4.78 is 65.9. The highest BCUT2D eigenvalue weighted by Gasteiger charge is 2.43. The van der Waals surface area contributed by atoms with E-state index in [2.05, 4.69) is 35.2 Å². The van der Waals surface area contributed by atoms with Crippen molar-refractivity contribution in [3.05, 3.63) is 82.3 Å². The number of hydrogen-bond acceptors (Lipinski definition) is 9.